The first-order valence-electron chi connectivity index (χ1n) is 27.3. The Morgan fingerprint density at radius 2 is 0.937 bits per heavy atom. The van der Waals surface area contributed by atoms with Crippen LogP contribution in [0.2, 0.25) is 5.02 Å². The number of aliphatic hydroxyl groups is 1. The molecule has 5 heterocycles. The molecule has 0 saturated carbocycles. The summed E-state index contributed by atoms with van der Waals surface area (Å²) in [6, 6.07) is 33.0. The second-order valence-electron chi connectivity index (χ2n) is 19.3. The molecule has 5 N–H and O–H groups in total. The number of likely N-dealkylation sites (N-methyl/N-ethyl adjacent to an activating group) is 3. The average molecular weight is 1330 g/mol. The molecule has 3 aliphatic rings. The van der Waals surface area contributed by atoms with Gasteiger partial charge in [-0.25, -0.2) is 14.8 Å². The van der Waals surface area contributed by atoms with Gasteiger partial charge in [0.15, 0.2) is 0 Å². The van der Waals surface area contributed by atoms with E-state index in [0.717, 1.165) is 67.6 Å². The molecule has 95 heavy (non-hydrogen) atoms. The number of carbonyl (C=O) groups is 4. The number of nitro benzene ring substituents is 2. The van der Waals surface area contributed by atoms with Gasteiger partial charge in [-0.05, 0) is 121 Å². The molecule has 2 aromatic heterocycles. The van der Waals surface area contributed by atoms with Crippen LogP contribution in [0.1, 0.15) is 44.5 Å². The number of nitrogens with zero attached hydrogens (tertiary/aromatic N) is 9. The first-order valence-corrected chi connectivity index (χ1v) is 27.7. The highest BCUT2D eigenvalue weighted by Gasteiger charge is 2.26. The van der Waals surface area contributed by atoms with E-state index in [1.165, 1.54) is 45.0 Å². The fraction of sp³-hybridized carbons (Fsp3) is 0.219. The van der Waals surface area contributed by atoms with Crippen molar-refractivity contribution in [2.75, 3.05) is 73.4 Å². The van der Waals surface area contributed by atoms with E-state index < -0.39 is 9.85 Å². The lowest BCUT2D eigenvalue weighted by Crippen LogP contribution is -2.20. The molecule has 3 aliphatic heterocycles. The van der Waals surface area contributed by atoms with E-state index in [9.17, 15) is 39.4 Å². The topological polar surface area (TPSA) is 416 Å². The van der Waals surface area contributed by atoms with Crippen molar-refractivity contribution in [3.05, 3.63) is 216 Å². The number of rotatable bonds is 6. The van der Waals surface area contributed by atoms with Crippen molar-refractivity contribution < 1.29 is 77.2 Å². The smallest absolute Gasteiger partial charge is 0.373 e. The van der Waals surface area contributed by atoms with E-state index in [1.54, 1.807) is 92.9 Å². The van der Waals surface area contributed by atoms with E-state index in [1.807, 2.05) is 108 Å². The third-order valence-corrected chi connectivity index (χ3v) is 13.2. The van der Waals surface area contributed by atoms with Crippen molar-refractivity contribution in [1.82, 2.24) is 19.1 Å². The highest BCUT2D eigenvalue weighted by molar-refractivity contribution is 6.32. The highest BCUT2D eigenvalue weighted by atomic mass is 35.5. The van der Waals surface area contributed by atoms with Crippen molar-refractivity contribution in [1.29, 1.82) is 0 Å². The number of methoxy groups -OCH3 is 1. The van der Waals surface area contributed by atoms with E-state index in [4.69, 9.17) is 65.5 Å². The number of nitrogens with one attached hydrogen (secondary N) is 2. The summed E-state index contributed by atoms with van der Waals surface area (Å²) >= 11 is 5.55. The van der Waals surface area contributed by atoms with Crippen LogP contribution in [0.5, 0.6) is 5.75 Å². The Kier molecular flexibility index (Phi) is 36.1. The molecule has 498 valence electrons. The Hall–Kier alpha value is -12.4. The minimum Gasteiger partial charge on any atom is -0.497 e. The number of ether oxygens (including phenoxy) is 1. The van der Waals surface area contributed by atoms with Crippen LogP contribution in [0.25, 0.3) is 0 Å². The third kappa shape index (κ3) is 26.5. The van der Waals surface area contributed by atoms with E-state index in [2.05, 4.69) is 26.7 Å². The second kappa shape index (κ2) is 42.6. The maximum atomic E-state index is 11.4. The van der Waals surface area contributed by atoms with Gasteiger partial charge in [0, 0.05) is 89.2 Å². The predicted octanol–water partition coefficient (Wildman–Crippen LogP) is 7.81. The van der Waals surface area contributed by atoms with E-state index in [0.29, 0.717) is 24.9 Å². The number of carbonyl (C=O) groups excluding carboxylic acids is 12. The molecule has 0 radical (unpaired) electrons. The van der Waals surface area contributed by atoms with Gasteiger partial charge < -0.3 is 40.9 Å². The lowest BCUT2D eigenvalue weighted by molar-refractivity contribution is -0.384. The summed E-state index contributed by atoms with van der Waals surface area (Å²) in [5.74, 6) is 1.26. The standard InChI is InChI=1S/2C10H11NO2.C10H11NO.C8H10N2O2.C8H12N2.C7H6ClNO2.C7H6N4O.4CO2/c1-11-9-4-3-8(13-2)5-7(9)6-10(11)12;1-11-9-3-2-7(6-12)4-8(9)5-10(11)13;1-7-3-4-9-8(5-7)6-10(12)11(9)2;1-6-3-4-7(9-2)8(5-6)10(11)12;1-6-3-4-8(10-2)7(9)5-6;1-5-2-3-6(8)7(4-5)9(10)11;12-7(10-3-1-8-5-10)11-4-2-9-6-11;4*2-1-3/h3-5H,6H2,1-2H3;2-4,12H,5-6H2,1H3;3-5H,6H2,1-2H3;3-5,9H,1-2H3;3-5,10H,9H2,1-2H3;2-4H,1H3;1-6H;;;;. The van der Waals surface area contributed by atoms with Crippen molar-refractivity contribution >= 4 is 105 Å². The minimum absolute atomic E-state index is 0.0329. The average Bonchev–Trinajstić information content (AvgIpc) is 1.69. The number of amides is 3. The largest absolute Gasteiger partial charge is 0.497 e. The molecule has 0 bridgehead atoms. The summed E-state index contributed by atoms with van der Waals surface area (Å²) in [4.78, 5) is 143. The Morgan fingerprint density at radius 1 is 0.568 bits per heavy atom. The third-order valence-electron chi connectivity index (χ3n) is 12.9. The van der Waals surface area contributed by atoms with Crippen LogP contribution in [0.15, 0.2) is 147 Å². The van der Waals surface area contributed by atoms with Gasteiger partial charge in [-0.2, -0.15) is 38.4 Å². The maximum absolute atomic E-state index is 11.4. The number of nitrogens with two attached hydrogens (primary N) is 1. The second-order valence-corrected chi connectivity index (χ2v) is 19.7. The molecular weight excluding hydrogens is 1260 g/mol. The zero-order valence-electron chi connectivity index (χ0n) is 53.1. The fourth-order valence-electron chi connectivity index (χ4n) is 8.35. The summed E-state index contributed by atoms with van der Waals surface area (Å²) in [5, 5.41) is 35.6. The summed E-state index contributed by atoms with van der Waals surface area (Å²) in [7, 11) is 10.5. The molecule has 31 heteroatoms. The molecule has 0 unspecified atom stereocenters. The molecule has 30 nitrogen and oxygen atoms in total. The maximum Gasteiger partial charge on any atom is 0.373 e. The first kappa shape index (κ1) is 80.6. The molecule has 0 spiro atoms. The number of imidazole rings is 2. The SMILES string of the molecule is CN1C(=O)Cc2cc(CO)ccc21.CNc1ccc(C)cc1N.CNc1ccc(C)cc1[N+](=O)[O-].COc1ccc2c(c1)CC(=O)N2C.Cc1ccc(Cl)c([N+](=O)[O-])c1.Cc1ccc2c(c1)CC(=O)N2C.O=C(n1ccnc1)n1ccnc1.O=C=O.O=C=O.O=C=O.O=C=O. The molecule has 0 aliphatic carbocycles. The molecular formula is C64H67ClN12O18. The van der Waals surface area contributed by atoms with Crippen molar-refractivity contribution in [3.8, 4) is 5.75 Å². The molecule has 0 saturated heterocycles. The zero-order valence-corrected chi connectivity index (χ0v) is 53.8. The number of halogens is 1. The summed E-state index contributed by atoms with van der Waals surface area (Å²) < 4.78 is 7.83. The van der Waals surface area contributed by atoms with Gasteiger partial charge in [-0.3, -0.25) is 43.7 Å². The van der Waals surface area contributed by atoms with Crippen LogP contribution in [0.3, 0.4) is 0 Å². The van der Waals surface area contributed by atoms with Gasteiger partial charge in [0.2, 0.25) is 17.7 Å². The number of hydrogen-bond donors (Lipinski definition) is 4. The Balaban J connectivity index is 0.000000539. The van der Waals surface area contributed by atoms with Gasteiger partial charge in [0.05, 0.1) is 54.2 Å². The lowest BCUT2D eigenvalue weighted by atomic mass is 10.1. The Morgan fingerprint density at radius 3 is 1.33 bits per heavy atom. The summed E-state index contributed by atoms with van der Waals surface area (Å²) in [5.41, 5.74) is 19.3. The van der Waals surface area contributed by atoms with E-state index in [-0.39, 0.29) is 71.4 Å². The van der Waals surface area contributed by atoms with Crippen LogP contribution < -0.4 is 35.8 Å². The van der Waals surface area contributed by atoms with Crippen LogP contribution in [-0.4, -0.2) is 125 Å². The number of benzene rings is 6. The zero-order chi connectivity index (χ0) is 71.9. The molecule has 8 aromatic rings. The molecule has 3 amide bonds. The van der Waals surface area contributed by atoms with Crippen LogP contribution >= 0.6 is 11.6 Å². The molecule has 11 rings (SSSR count). The van der Waals surface area contributed by atoms with Gasteiger partial charge >= 0.3 is 30.6 Å². The minimum atomic E-state index is -0.491. The summed E-state index contributed by atoms with van der Waals surface area (Å²) in [6.07, 6.45) is 11.7. The quantitative estimate of drug-likeness (QED) is 0.0700. The number of aryl methyl sites for hydroxylation is 4. The van der Waals surface area contributed by atoms with Gasteiger partial charge in [-0.15, -0.1) is 0 Å². The van der Waals surface area contributed by atoms with Crippen molar-refractivity contribution in [2.45, 2.75) is 53.6 Å². The van der Waals surface area contributed by atoms with Gasteiger partial charge in [-0.1, -0.05) is 59.6 Å². The number of aromatic nitrogens is 4. The van der Waals surface area contributed by atoms with Crippen molar-refractivity contribution in [2.24, 2.45) is 0 Å². The first-order chi connectivity index (χ1) is 45.1. The number of nitrogen functional groups attached to an aromatic ring is 1. The Labute approximate surface area is 548 Å². The van der Waals surface area contributed by atoms with Crippen LogP contribution in [0.4, 0.5) is 50.3 Å². The number of nitro groups is 2. The van der Waals surface area contributed by atoms with E-state index >= 15 is 0 Å². The lowest BCUT2D eigenvalue weighted by Gasteiger charge is -2.09. The molecule has 0 atom stereocenters. The highest BCUT2D eigenvalue weighted by Crippen LogP contribution is 2.32. The predicted molar refractivity (Wildman–Crippen MR) is 344 cm³/mol. The van der Waals surface area contributed by atoms with Crippen LogP contribution in [-0.2, 0) is 78.6 Å². The number of hydrogen-bond acceptors (Lipinski definition) is 23. The number of aliphatic hydroxyl groups excluding tert-OH is 1. The fourth-order valence-corrected chi connectivity index (χ4v) is 8.54. The van der Waals surface area contributed by atoms with Crippen LogP contribution in [0, 0.1) is 47.9 Å². The van der Waals surface area contributed by atoms with Gasteiger partial charge in [0.25, 0.3) is 11.4 Å². The monoisotopic (exact) mass is 1330 g/mol. The normalized spacial score (nSPS) is 10.9. The molecule has 0 fully saturated rings. The number of fused-ring (bicyclic) bond motifs is 3. The van der Waals surface area contributed by atoms with Gasteiger partial charge in [0.1, 0.15) is 29.1 Å². The Bertz CT molecular complexity index is 3850. The summed E-state index contributed by atoms with van der Waals surface area (Å²) in [6.45, 7) is 7.71. The molecule has 6 aromatic carbocycles. The van der Waals surface area contributed by atoms with Crippen molar-refractivity contribution in [3.63, 3.8) is 0 Å². The number of anilines is 6.